The zero-order chi connectivity index (χ0) is 66.9. The van der Waals surface area contributed by atoms with Crippen LogP contribution in [0.3, 0.4) is 0 Å². The summed E-state index contributed by atoms with van der Waals surface area (Å²) in [6, 6.07) is 0. The van der Waals surface area contributed by atoms with Crippen molar-refractivity contribution in [1.82, 2.24) is 0 Å². The molecule has 2 atom stereocenters. The minimum absolute atomic E-state index is 0.0416. The lowest BCUT2D eigenvalue weighted by molar-refractivity contribution is -0.870. The first-order valence-electron chi connectivity index (χ1n) is 36.8. The van der Waals surface area contributed by atoms with E-state index >= 15 is 0 Å². The zero-order valence-corrected chi connectivity index (χ0v) is 60.3. The van der Waals surface area contributed by atoms with E-state index in [1.165, 1.54) is 109 Å². The Balaban J connectivity index is 4.13. The van der Waals surface area contributed by atoms with Gasteiger partial charge in [-0.25, -0.2) is 0 Å². The fourth-order valence-corrected chi connectivity index (χ4v) is 10.3. The van der Waals surface area contributed by atoms with E-state index < -0.39 is 32.5 Å². The van der Waals surface area contributed by atoms with E-state index in [0.717, 1.165) is 141 Å². The van der Waals surface area contributed by atoms with Gasteiger partial charge in [-0.05, 0) is 135 Å². The van der Waals surface area contributed by atoms with E-state index in [0.29, 0.717) is 17.4 Å². The number of nitrogens with zero attached hydrogens (tertiary/aromatic N) is 1. The Labute approximate surface area is 566 Å². The lowest BCUT2D eigenvalue weighted by atomic mass is 10.0. The summed E-state index contributed by atoms with van der Waals surface area (Å²) in [6.07, 6.45) is 107. The minimum atomic E-state index is -4.66. The van der Waals surface area contributed by atoms with Crippen LogP contribution in [0.25, 0.3) is 0 Å². The molecule has 10 heteroatoms. The van der Waals surface area contributed by atoms with Gasteiger partial charge in [0.2, 0.25) is 0 Å². The molecule has 0 radical (unpaired) electrons. The third kappa shape index (κ3) is 74.4. The Kier molecular flexibility index (Phi) is 67.1. The van der Waals surface area contributed by atoms with E-state index in [4.69, 9.17) is 18.5 Å². The molecule has 0 aromatic heterocycles. The highest BCUT2D eigenvalue weighted by atomic mass is 31.2. The molecule has 9 nitrogen and oxygen atoms in total. The molecule has 0 aliphatic rings. The average molecular weight is 1290 g/mol. The molecular formula is C82H136NO8P. The number of rotatable bonds is 66. The Morgan fingerprint density at radius 3 is 0.924 bits per heavy atom. The van der Waals surface area contributed by atoms with Crippen molar-refractivity contribution < 1.29 is 42.1 Å². The monoisotopic (exact) mass is 1290 g/mol. The summed E-state index contributed by atoms with van der Waals surface area (Å²) >= 11 is 0. The quantitative estimate of drug-likeness (QED) is 0.0195. The SMILES string of the molecule is CC/C=C\C/C=C\C/C=C\C/C=C\C/C=C\C/C=C\C/C=C\C/C=C\C/C=C\C/C=C\C/C=C\CCCCCCCCCC(=O)OC(COC(=O)CCCCCCCCCCCCCC/C=C\C/C=C\C/C=C\CCCCCCC)COP(=O)([O-])OCC[N+](C)(C)C. The van der Waals surface area contributed by atoms with Crippen LogP contribution in [0, 0.1) is 0 Å². The molecule has 0 aromatic rings. The number of carbonyl (C=O) groups is 2. The zero-order valence-electron chi connectivity index (χ0n) is 59.4. The molecule has 0 aliphatic carbocycles. The second kappa shape index (κ2) is 70.7. The number of hydrogen-bond acceptors (Lipinski definition) is 8. The third-order valence-electron chi connectivity index (χ3n) is 15.2. The first kappa shape index (κ1) is 87.4. The normalized spacial score (nSPS) is 14.1. The molecule has 92 heavy (non-hydrogen) atoms. The summed E-state index contributed by atoms with van der Waals surface area (Å²) in [4.78, 5) is 38.1. The molecule has 0 rings (SSSR count). The van der Waals surface area contributed by atoms with Crippen molar-refractivity contribution in [2.24, 2.45) is 0 Å². The molecular weight excluding hydrogens is 1160 g/mol. The minimum Gasteiger partial charge on any atom is -0.756 e. The molecule has 0 saturated heterocycles. The van der Waals surface area contributed by atoms with Gasteiger partial charge in [0.1, 0.15) is 19.8 Å². The van der Waals surface area contributed by atoms with E-state index in [2.05, 4.69) is 184 Å². The summed E-state index contributed by atoms with van der Waals surface area (Å²) < 4.78 is 34.3. The predicted molar refractivity (Wildman–Crippen MR) is 396 cm³/mol. The number of unbranched alkanes of at least 4 members (excludes halogenated alkanes) is 24. The van der Waals surface area contributed by atoms with Gasteiger partial charge in [-0.15, -0.1) is 0 Å². The van der Waals surface area contributed by atoms with Gasteiger partial charge < -0.3 is 27.9 Å². The molecule has 0 amide bonds. The summed E-state index contributed by atoms with van der Waals surface area (Å²) in [5.41, 5.74) is 0. The van der Waals surface area contributed by atoms with Crippen LogP contribution in [-0.2, 0) is 32.7 Å². The Hall–Kier alpha value is -4.63. The number of esters is 2. The van der Waals surface area contributed by atoms with Crippen LogP contribution in [0.4, 0.5) is 0 Å². The van der Waals surface area contributed by atoms with Gasteiger partial charge in [0, 0.05) is 12.8 Å². The fraction of sp³-hybridized carbons (Fsp3) is 0.634. The van der Waals surface area contributed by atoms with E-state index in [-0.39, 0.29) is 26.1 Å². The van der Waals surface area contributed by atoms with Gasteiger partial charge in [-0.3, -0.25) is 14.2 Å². The molecule has 2 unspecified atom stereocenters. The topological polar surface area (TPSA) is 111 Å². The van der Waals surface area contributed by atoms with Crippen LogP contribution in [0.1, 0.15) is 284 Å². The van der Waals surface area contributed by atoms with Crippen LogP contribution in [0.15, 0.2) is 170 Å². The van der Waals surface area contributed by atoms with Crippen molar-refractivity contribution in [3.8, 4) is 0 Å². The van der Waals surface area contributed by atoms with Crippen molar-refractivity contribution in [2.45, 2.75) is 290 Å². The van der Waals surface area contributed by atoms with E-state index in [1.807, 2.05) is 21.1 Å². The van der Waals surface area contributed by atoms with Gasteiger partial charge in [0.25, 0.3) is 7.82 Å². The van der Waals surface area contributed by atoms with Gasteiger partial charge in [-0.1, -0.05) is 306 Å². The molecule has 522 valence electrons. The van der Waals surface area contributed by atoms with Crippen molar-refractivity contribution in [2.75, 3.05) is 47.5 Å². The highest BCUT2D eigenvalue weighted by Crippen LogP contribution is 2.38. The first-order chi connectivity index (χ1) is 45.0. The Morgan fingerprint density at radius 1 is 0.348 bits per heavy atom. The lowest BCUT2D eigenvalue weighted by Crippen LogP contribution is -2.37. The molecule has 0 saturated carbocycles. The highest BCUT2D eigenvalue weighted by Gasteiger charge is 2.22. The number of phosphoric ester groups is 1. The van der Waals surface area contributed by atoms with Crippen molar-refractivity contribution >= 4 is 19.8 Å². The second-order valence-corrected chi connectivity index (χ2v) is 26.6. The first-order valence-corrected chi connectivity index (χ1v) is 38.3. The maximum Gasteiger partial charge on any atom is 0.306 e. The van der Waals surface area contributed by atoms with E-state index in [9.17, 15) is 19.0 Å². The molecule has 0 bridgehead atoms. The number of likely N-dealkylation sites (N-methyl/N-ethyl adjacent to an activating group) is 1. The smallest absolute Gasteiger partial charge is 0.306 e. The lowest BCUT2D eigenvalue weighted by Gasteiger charge is -2.28. The van der Waals surface area contributed by atoms with Crippen LogP contribution in [-0.4, -0.2) is 70.0 Å². The number of hydrogen-bond donors (Lipinski definition) is 0. The van der Waals surface area contributed by atoms with Crippen LogP contribution in [0.2, 0.25) is 0 Å². The standard InChI is InChI=1S/C82H136NO8P/c1-6-8-10-12-14-16-18-20-22-24-26-28-30-32-34-35-36-37-38-39-40-41-42-43-44-45-46-47-49-51-53-55-57-59-61-63-65-67-69-71-73-75-82(85)91-80(79-90-92(86,87)89-77-76-83(3,4)5)78-88-81(84)74-72-70-68-66-64-62-60-58-56-54-52-50-48-33-31-29-27-25-23-21-19-17-15-13-11-9-7-2/h8,10,14,16,19-22,25-28,31-34,36-37,39-40,42-43,45-46,49,51,55,57,80H,6-7,9,11-13,15,17-18,23-24,29-30,35,38,41,44,47-48,50,52-54,56,58-79H2,1-5H3/b10-8-,16-14-,21-19-,22-20-,27-25-,28-26-,33-31-,34-32-,37-36-,40-39-,43-42-,46-45-,51-49-,57-55-. The van der Waals surface area contributed by atoms with Gasteiger partial charge in [0.05, 0.1) is 27.7 Å². The fourth-order valence-electron chi connectivity index (χ4n) is 9.61. The molecule has 0 aliphatic heterocycles. The number of carbonyl (C=O) groups excluding carboxylic acids is 2. The highest BCUT2D eigenvalue weighted by molar-refractivity contribution is 7.45. The number of phosphoric acid groups is 1. The Bertz CT molecular complexity index is 2160. The largest absolute Gasteiger partial charge is 0.756 e. The summed E-state index contributed by atoms with van der Waals surface area (Å²) in [7, 11) is 1.14. The molecule has 0 N–H and O–H groups in total. The van der Waals surface area contributed by atoms with Gasteiger partial charge in [0.15, 0.2) is 6.10 Å². The third-order valence-corrected chi connectivity index (χ3v) is 16.2. The van der Waals surface area contributed by atoms with Crippen molar-refractivity contribution in [3.63, 3.8) is 0 Å². The molecule has 0 aromatic carbocycles. The maximum atomic E-state index is 12.9. The second-order valence-electron chi connectivity index (χ2n) is 25.2. The van der Waals surface area contributed by atoms with Crippen LogP contribution in [0.5, 0.6) is 0 Å². The van der Waals surface area contributed by atoms with Crippen molar-refractivity contribution in [3.05, 3.63) is 170 Å². The number of allylic oxidation sites excluding steroid dienone is 28. The van der Waals surface area contributed by atoms with Crippen LogP contribution < -0.4 is 4.89 Å². The summed E-state index contributed by atoms with van der Waals surface area (Å²) in [5, 5.41) is 0. The molecule has 0 heterocycles. The van der Waals surface area contributed by atoms with Gasteiger partial charge in [-0.2, -0.15) is 0 Å². The summed E-state index contributed by atoms with van der Waals surface area (Å²) in [5.74, 6) is -0.854. The summed E-state index contributed by atoms with van der Waals surface area (Å²) in [6.45, 7) is 4.10. The molecule has 0 fully saturated rings. The Morgan fingerprint density at radius 2 is 0.620 bits per heavy atom. The van der Waals surface area contributed by atoms with E-state index in [1.54, 1.807) is 0 Å². The average Bonchev–Trinajstić information content (AvgIpc) is 2.23. The number of ether oxygens (including phenoxy) is 2. The predicted octanol–water partition coefficient (Wildman–Crippen LogP) is 23.9. The van der Waals surface area contributed by atoms with Gasteiger partial charge >= 0.3 is 11.9 Å². The van der Waals surface area contributed by atoms with Crippen LogP contribution >= 0.6 is 7.82 Å². The number of quaternary nitrogens is 1. The molecule has 0 spiro atoms. The van der Waals surface area contributed by atoms with Crippen molar-refractivity contribution in [1.29, 1.82) is 0 Å². The maximum absolute atomic E-state index is 12.9.